The predicted molar refractivity (Wildman–Crippen MR) is 171 cm³/mol. The molecule has 0 amide bonds. The third kappa shape index (κ3) is 4.30. The fourth-order valence-corrected chi connectivity index (χ4v) is 5.55. The highest BCUT2D eigenvalue weighted by molar-refractivity contribution is 6.28. The Morgan fingerprint density at radius 3 is 2.10 bits per heavy atom. The van der Waals surface area contributed by atoms with Crippen LogP contribution >= 0.6 is 11.6 Å². The minimum Gasteiger partial charge on any atom is -0.456 e. The standard InChI is InChI=1S/C37H22ClN3O/c38-37-40-35(27-11-6-10-26(21-27)30-13-7-15-33-34(30)31-12-4-5-14-32(31)42-33)39-36(41-37)28-19-17-24-16-18-25(20-29(24)22-28)23-8-2-1-3-9-23/h1-22H/i1D,2D,3D,8D,9D. The molecule has 0 atom stereocenters. The molecule has 0 aliphatic rings. The molecule has 0 bridgehead atoms. The van der Waals surface area contributed by atoms with Crippen LogP contribution in [-0.4, -0.2) is 15.0 Å². The molecular weight excluding hydrogens is 538 g/mol. The fraction of sp³-hybridized carbons (Fsp3) is 0. The van der Waals surface area contributed by atoms with Crippen molar-refractivity contribution in [3.05, 3.63) is 139 Å². The van der Waals surface area contributed by atoms with Crippen molar-refractivity contribution in [2.45, 2.75) is 0 Å². The van der Waals surface area contributed by atoms with E-state index in [1.807, 2.05) is 78.9 Å². The van der Waals surface area contributed by atoms with Gasteiger partial charge in [0.25, 0.3) is 0 Å². The van der Waals surface area contributed by atoms with Gasteiger partial charge < -0.3 is 4.42 Å². The van der Waals surface area contributed by atoms with Crippen molar-refractivity contribution in [2.24, 2.45) is 0 Å². The number of benzene rings is 6. The fourth-order valence-electron chi connectivity index (χ4n) is 5.38. The second-order valence-electron chi connectivity index (χ2n) is 9.89. The molecule has 0 aliphatic carbocycles. The van der Waals surface area contributed by atoms with E-state index in [4.69, 9.17) is 27.9 Å². The maximum Gasteiger partial charge on any atom is 0.226 e. The van der Waals surface area contributed by atoms with Gasteiger partial charge in [0.05, 0.1) is 6.85 Å². The summed E-state index contributed by atoms with van der Waals surface area (Å²) in [5, 5.41) is 3.81. The van der Waals surface area contributed by atoms with Crippen LogP contribution in [0.1, 0.15) is 6.85 Å². The Morgan fingerprint density at radius 2 is 1.24 bits per heavy atom. The number of para-hydroxylation sites is 1. The van der Waals surface area contributed by atoms with Gasteiger partial charge >= 0.3 is 0 Å². The Hall–Kier alpha value is -5.32. The van der Waals surface area contributed by atoms with Gasteiger partial charge in [0, 0.05) is 21.9 Å². The molecule has 8 aromatic rings. The van der Waals surface area contributed by atoms with Crippen LogP contribution in [0.2, 0.25) is 5.28 Å². The lowest BCUT2D eigenvalue weighted by molar-refractivity contribution is 0.669. The van der Waals surface area contributed by atoms with Gasteiger partial charge in [0.1, 0.15) is 11.2 Å². The Bertz CT molecular complexity index is 2540. The number of furan rings is 1. The maximum atomic E-state index is 8.40. The molecule has 0 spiro atoms. The number of aromatic nitrogens is 3. The van der Waals surface area contributed by atoms with E-state index in [2.05, 4.69) is 22.1 Å². The lowest BCUT2D eigenvalue weighted by Gasteiger charge is -2.09. The van der Waals surface area contributed by atoms with Gasteiger partial charge in [-0.25, -0.2) is 4.98 Å². The van der Waals surface area contributed by atoms with Crippen LogP contribution in [0.25, 0.3) is 77.7 Å². The Kier molecular flexibility index (Phi) is 4.67. The van der Waals surface area contributed by atoms with Crippen molar-refractivity contribution in [1.29, 1.82) is 0 Å². The van der Waals surface area contributed by atoms with Crippen molar-refractivity contribution in [2.75, 3.05) is 0 Å². The first-order valence-electron chi connectivity index (χ1n) is 15.8. The summed E-state index contributed by atoms with van der Waals surface area (Å²) in [7, 11) is 0. The number of rotatable bonds is 4. The zero-order valence-corrected chi connectivity index (χ0v) is 22.7. The normalized spacial score (nSPS) is 13.1. The third-order valence-corrected chi connectivity index (χ3v) is 7.50. The van der Waals surface area contributed by atoms with Crippen molar-refractivity contribution in [1.82, 2.24) is 15.0 Å². The molecule has 2 aromatic heterocycles. The van der Waals surface area contributed by atoms with Crippen LogP contribution in [0.15, 0.2) is 138 Å². The van der Waals surface area contributed by atoms with Crippen LogP contribution in [0.3, 0.4) is 0 Å². The Balaban J connectivity index is 1.21. The highest BCUT2D eigenvalue weighted by Gasteiger charge is 2.15. The van der Waals surface area contributed by atoms with Gasteiger partial charge in [-0.15, -0.1) is 0 Å². The zero-order valence-electron chi connectivity index (χ0n) is 26.9. The van der Waals surface area contributed by atoms with Crippen LogP contribution in [0.5, 0.6) is 0 Å². The average Bonchev–Trinajstić information content (AvgIpc) is 3.48. The van der Waals surface area contributed by atoms with Gasteiger partial charge in [0.2, 0.25) is 5.28 Å². The first-order chi connectivity index (χ1) is 22.8. The number of halogens is 1. The van der Waals surface area contributed by atoms with Gasteiger partial charge in [-0.2, -0.15) is 9.97 Å². The highest BCUT2D eigenvalue weighted by Crippen LogP contribution is 2.37. The minimum absolute atomic E-state index is 0.0475. The summed E-state index contributed by atoms with van der Waals surface area (Å²) in [4.78, 5) is 13.7. The molecule has 0 radical (unpaired) electrons. The summed E-state index contributed by atoms with van der Waals surface area (Å²) in [6, 6.07) is 31.4. The molecule has 198 valence electrons. The van der Waals surface area contributed by atoms with Crippen molar-refractivity contribution >= 4 is 44.3 Å². The van der Waals surface area contributed by atoms with E-state index in [0.29, 0.717) is 22.8 Å². The number of hydrogen-bond donors (Lipinski definition) is 0. The molecule has 0 unspecified atom stereocenters. The molecule has 4 nitrogen and oxygen atoms in total. The summed E-state index contributed by atoms with van der Waals surface area (Å²) < 4.78 is 47.0. The highest BCUT2D eigenvalue weighted by atomic mass is 35.5. The molecule has 0 N–H and O–H groups in total. The van der Waals surface area contributed by atoms with E-state index >= 15 is 0 Å². The smallest absolute Gasteiger partial charge is 0.226 e. The molecule has 5 heteroatoms. The van der Waals surface area contributed by atoms with E-state index in [9.17, 15) is 0 Å². The van der Waals surface area contributed by atoms with Crippen LogP contribution in [0.4, 0.5) is 0 Å². The topological polar surface area (TPSA) is 51.8 Å². The minimum atomic E-state index is -0.424. The number of hydrogen-bond acceptors (Lipinski definition) is 4. The summed E-state index contributed by atoms with van der Waals surface area (Å²) in [5.41, 5.74) is 5.75. The molecule has 42 heavy (non-hydrogen) atoms. The largest absolute Gasteiger partial charge is 0.456 e. The van der Waals surface area contributed by atoms with Gasteiger partial charge in [0.15, 0.2) is 11.6 Å². The maximum absolute atomic E-state index is 8.40. The van der Waals surface area contributed by atoms with Crippen molar-refractivity contribution in [3.63, 3.8) is 0 Å². The predicted octanol–water partition coefficient (Wildman–Crippen LogP) is 10.2. The summed E-state index contributed by atoms with van der Waals surface area (Å²) in [6.45, 7) is 0. The first kappa shape index (κ1) is 19.7. The van der Waals surface area contributed by atoms with E-state index in [1.165, 1.54) is 0 Å². The van der Waals surface area contributed by atoms with Crippen molar-refractivity contribution < 1.29 is 11.3 Å². The molecule has 2 heterocycles. The second-order valence-corrected chi connectivity index (χ2v) is 10.2. The summed E-state index contributed by atoms with van der Waals surface area (Å²) in [5.74, 6) is 0.794. The van der Waals surface area contributed by atoms with Crippen molar-refractivity contribution in [3.8, 4) is 45.0 Å². The average molecular weight is 565 g/mol. The van der Waals surface area contributed by atoms with E-state index < -0.39 is 6.04 Å². The monoisotopic (exact) mass is 564 g/mol. The second kappa shape index (κ2) is 9.95. The molecule has 6 aromatic carbocycles. The lowest BCUT2D eigenvalue weighted by atomic mass is 9.98. The summed E-state index contributed by atoms with van der Waals surface area (Å²) in [6.07, 6.45) is 0. The van der Waals surface area contributed by atoms with Gasteiger partial charge in [-0.3, -0.25) is 0 Å². The van der Waals surface area contributed by atoms with Gasteiger partial charge in [-0.1, -0.05) is 103 Å². The molecule has 0 saturated heterocycles. The van der Waals surface area contributed by atoms with E-state index in [-0.39, 0.29) is 35.0 Å². The van der Waals surface area contributed by atoms with Crippen LogP contribution in [0, 0.1) is 0 Å². The molecule has 0 aliphatic heterocycles. The van der Waals surface area contributed by atoms with Crippen LogP contribution in [-0.2, 0) is 0 Å². The van der Waals surface area contributed by atoms with Crippen LogP contribution < -0.4 is 0 Å². The first-order valence-corrected chi connectivity index (χ1v) is 13.7. The van der Waals surface area contributed by atoms with E-state index in [1.54, 1.807) is 12.1 Å². The summed E-state index contributed by atoms with van der Waals surface area (Å²) >= 11 is 6.47. The zero-order chi connectivity index (χ0) is 32.4. The SMILES string of the molecule is [2H]c1c([2H])c([2H])c(-c2ccc3ccc(-c4nc(Cl)nc(-c5cccc(-c6cccc7oc8ccccc8c67)c5)n4)cc3c2)c([2H])c1[2H]. The van der Waals surface area contributed by atoms with E-state index in [0.717, 1.165) is 49.4 Å². The molecular formula is C37H22ClN3O. The number of fused-ring (bicyclic) bond motifs is 4. The molecule has 0 fully saturated rings. The molecule has 0 saturated carbocycles. The quantitative estimate of drug-likeness (QED) is 0.213. The Labute approximate surface area is 253 Å². The Morgan fingerprint density at radius 1 is 0.548 bits per heavy atom. The van der Waals surface area contributed by atoms with Gasteiger partial charge in [-0.05, 0) is 75.0 Å². The lowest BCUT2D eigenvalue weighted by Crippen LogP contribution is -1.97. The molecule has 8 rings (SSSR count). The number of nitrogens with zero attached hydrogens (tertiary/aromatic N) is 3. The third-order valence-electron chi connectivity index (χ3n) is 7.33.